The predicted molar refractivity (Wildman–Crippen MR) is 74.9 cm³/mol. The summed E-state index contributed by atoms with van der Waals surface area (Å²) in [5, 5.41) is 1.09. The van der Waals surface area contributed by atoms with Gasteiger partial charge in [0, 0.05) is 30.1 Å². The summed E-state index contributed by atoms with van der Waals surface area (Å²) in [7, 11) is 0. The van der Waals surface area contributed by atoms with Crippen molar-refractivity contribution in [3.63, 3.8) is 0 Å². The summed E-state index contributed by atoms with van der Waals surface area (Å²) in [5.41, 5.74) is 7.80. The van der Waals surface area contributed by atoms with E-state index in [0.29, 0.717) is 12.8 Å². The minimum absolute atomic E-state index is 0.138. The molecule has 1 unspecified atom stereocenters. The van der Waals surface area contributed by atoms with Crippen LogP contribution in [0.2, 0.25) is 0 Å². The monoisotopic (exact) mass is 280 g/mol. The number of halogens is 2. The summed E-state index contributed by atoms with van der Waals surface area (Å²) in [6.45, 7) is -0.278. The maximum atomic E-state index is 11.9. The van der Waals surface area contributed by atoms with E-state index in [-0.39, 0.29) is 12.6 Å². The number of benzene rings is 1. The van der Waals surface area contributed by atoms with E-state index in [1.807, 2.05) is 36.4 Å². The van der Waals surface area contributed by atoms with E-state index in [9.17, 15) is 8.78 Å². The van der Waals surface area contributed by atoms with Gasteiger partial charge in [-0.2, -0.15) is 0 Å². The lowest BCUT2D eigenvalue weighted by Gasteiger charge is -2.11. The number of aromatic nitrogens is 1. The second-order valence-electron chi connectivity index (χ2n) is 4.71. The molecule has 2 aromatic rings. The summed E-state index contributed by atoms with van der Waals surface area (Å²) in [5.74, 6) is 0. The molecule has 0 saturated carbocycles. The number of rotatable bonds is 7. The van der Waals surface area contributed by atoms with Gasteiger partial charge in [0.1, 0.15) is 6.61 Å². The van der Waals surface area contributed by atoms with Gasteiger partial charge in [-0.3, -0.25) is 4.98 Å². The van der Waals surface area contributed by atoms with Crippen LogP contribution in [0.15, 0.2) is 36.4 Å². The molecule has 1 aromatic carbocycles. The van der Waals surface area contributed by atoms with E-state index in [0.717, 1.165) is 16.6 Å². The smallest absolute Gasteiger partial charge is 0.261 e. The fourth-order valence-corrected chi connectivity index (χ4v) is 2.00. The van der Waals surface area contributed by atoms with Gasteiger partial charge in [-0.25, -0.2) is 8.78 Å². The summed E-state index contributed by atoms with van der Waals surface area (Å²) >= 11 is 0. The minimum atomic E-state index is -2.42. The van der Waals surface area contributed by atoms with Crippen molar-refractivity contribution in [1.29, 1.82) is 0 Å². The van der Waals surface area contributed by atoms with Crippen molar-refractivity contribution in [2.75, 3.05) is 13.2 Å². The van der Waals surface area contributed by atoms with Gasteiger partial charge in [0.05, 0.1) is 5.52 Å². The second kappa shape index (κ2) is 7.26. The van der Waals surface area contributed by atoms with Gasteiger partial charge in [0.25, 0.3) is 6.43 Å². The van der Waals surface area contributed by atoms with E-state index in [4.69, 9.17) is 10.5 Å². The molecule has 20 heavy (non-hydrogen) atoms. The topological polar surface area (TPSA) is 48.1 Å². The van der Waals surface area contributed by atoms with E-state index < -0.39 is 13.0 Å². The molecule has 1 atom stereocenters. The highest BCUT2D eigenvalue weighted by Gasteiger charge is 2.07. The molecule has 0 amide bonds. The summed E-state index contributed by atoms with van der Waals surface area (Å²) in [4.78, 5) is 4.53. The zero-order valence-corrected chi connectivity index (χ0v) is 11.1. The van der Waals surface area contributed by atoms with Crippen LogP contribution in [0.3, 0.4) is 0 Å². The summed E-state index contributed by atoms with van der Waals surface area (Å²) < 4.78 is 28.6. The molecule has 0 saturated heterocycles. The van der Waals surface area contributed by atoms with Crippen LogP contribution in [0.25, 0.3) is 10.9 Å². The number of alkyl halides is 2. The van der Waals surface area contributed by atoms with Crippen molar-refractivity contribution in [2.24, 2.45) is 5.73 Å². The first-order chi connectivity index (χ1) is 9.65. The molecule has 2 N–H and O–H groups in total. The number of para-hydroxylation sites is 1. The minimum Gasteiger partial charge on any atom is -0.375 e. The Bertz CT molecular complexity index is 548. The zero-order chi connectivity index (χ0) is 14.4. The van der Waals surface area contributed by atoms with Crippen LogP contribution in [0, 0.1) is 0 Å². The number of hydrogen-bond acceptors (Lipinski definition) is 3. The average Bonchev–Trinajstić information content (AvgIpc) is 2.43. The lowest BCUT2D eigenvalue weighted by Crippen LogP contribution is -2.25. The molecule has 0 radical (unpaired) electrons. The van der Waals surface area contributed by atoms with Gasteiger partial charge in [-0.15, -0.1) is 0 Å². The maximum Gasteiger partial charge on any atom is 0.261 e. The normalized spacial score (nSPS) is 13.0. The van der Waals surface area contributed by atoms with E-state index in [2.05, 4.69) is 4.98 Å². The van der Waals surface area contributed by atoms with Crippen molar-refractivity contribution in [3.05, 3.63) is 42.1 Å². The first kappa shape index (κ1) is 14.8. The van der Waals surface area contributed by atoms with Crippen LogP contribution in [0.4, 0.5) is 8.78 Å². The standard InChI is InChI=1S/C15H18F2N2O/c16-15(17)10-20-8-7-12(18)9-13-6-5-11-3-1-2-4-14(11)19-13/h1-6,12,15H,7-10,18H2. The molecule has 0 spiro atoms. The maximum absolute atomic E-state index is 11.9. The van der Waals surface area contributed by atoms with E-state index in [1.54, 1.807) is 0 Å². The number of ether oxygens (including phenoxy) is 1. The van der Waals surface area contributed by atoms with Gasteiger partial charge < -0.3 is 10.5 Å². The molecule has 2 rings (SSSR count). The molecule has 0 bridgehead atoms. The van der Waals surface area contributed by atoms with Gasteiger partial charge in [-0.1, -0.05) is 24.3 Å². The lowest BCUT2D eigenvalue weighted by atomic mass is 10.1. The third kappa shape index (κ3) is 4.51. The Kier molecular flexibility index (Phi) is 5.38. The Labute approximate surface area is 116 Å². The Morgan fingerprint density at radius 2 is 1.95 bits per heavy atom. The highest BCUT2D eigenvalue weighted by atomic mass is 19.3. The second-order valence-corrected chi connectivity index (χ2v) is 4.71. The molecular weight excluding hydrogens is 262 g/mol. The van der Waals surface area contributed by atoms with Crippen molar-refractivity contribution < 1.29 is 13.5 Å². The van der Waals surface area contributed by atoms with E-state index in [1.165, 1.54) is 0 Å². The number of hydrogen-bond donors (Lipinski definition) is 1. The van der Waals surface area contributed by atoms with Crippen LogP contribution in [0.1, 0.15) is 12.1 Å². The number of nitrogens with zero attached hydrogens (tertiary/aromatic N) is 1. The van der Waals surface area contributed by atoms with Gasteiger partial charge >= 0.3 is 0 Å². The van der Waals surface area contributed by atoms with Crippen molar-refractivity contribution in [3.8, 4) is 0 Å². The lowest BCUT2D eigenvalue weighted by molar-refractivity contribution is 0.0152. The summed E-state index contributed by atoms with van der Waals surface area (Å²) in [6, 6.07) is 11.7. The molecule has 0 fully saturated rings. The highest BCUT2D eigenvalue weighted by Crippen LogP contribution is 2.13. The van der Waals surface area contributed by atoms with Gasteiger partial charge in [0.15, 0.2) is 0 Å². The highest BCUT2D eigenvalue weighted by molar-refractivity contribution is 5.78. The molecular formula is C15H18F2N2O. The SMILES string of the molecule is NC(CCOCC(F)F)Cc1ccc2ccccc2n1. The Balaban J connectivity index is 1.84. The van der Waals surface area contributed by atoms with Crippen LogP contribution in [0.5, 0.6) is 0 Å². The summed E-state index contributed by atoms with van der Waals surface area (Å²) in [6.07, 6.45) is -1.27. The zero-order valence-electron chi connectivity index (χ0n) is 11.1. The molecule has 5 heteroatoms. The Hall–Kier alpha value is -1.59. The molecule has 1 heterocycles. The van der Waals surface area contributed by atoms with Crippen molar-refractivity contribution in [2.45, 2.75) is 25.3 Å². The largest absolute Gasteiger partial charge is 0.375 e. The van der Waals surface area contributed by atoms with Gasteiger partial charge in [-0.05, 0) is 18.6 Å². The molecule has 108 valence electrons. The van der Waals surface area contributed by atoms with Gasteiger partial charge in [0.2, 0.25) is 0 Å². The van der Waals surface area contributed by atoms with Crippen LogP contribution >= 0.6 is 0 Å². The first-order valence-corrected chi connectivity index (χ1v) is 6.61. The number of fused-ring (bicyclic) bond motifs is 1. The van der Waals surface area contributed by atoms with Crippen LogP contribution in [-0.4, -0.2) is 30.7 Å². The Morgan fingerprint density at radius 3 is 2.75 bits per heavy atom. The fourth-order valence-electron chi connectivity index (χ4n) is 2.00. The molecule has 1 aromatic heterocycles. The average molecular weight is 280 g/mol. The van der Waals surface area contributed by atoms with Crippen LogP contribution < -0.4 is 5.73 Å². The third-order valence-corrected chi connectivity index (χ3v) is 3.00. The Morgan fingerprint density at radius 1 is 1.15 bits per heavy atom. The number of nitrogens with two attached hydrogens (primary N) is 1. The third-order valence-electron chi connectivity index (χ3n) is 3.00. The molecule has 0 aliphatic heterocycles. The first-order valence-electron chi connectivity index (χ1n) is 6.61. The van der Waals surface area contributed by atoms with Crippen molar-refractivity contribution >= 4 is 10.9 Å². The molecule has 0 aliphatic rings. The van der Waals surface area contributed by atoms with Crippen LogP contribution in [-0.2, 0) is 11.2 Å². The van der Waals surface area contributed by atoms with E-state index >= 15 is 0 Å². The van der Waals surface area contributed by atoms with Crippen molar-refractivity contribution in [1.82, 2.24) is 4.98 Å². The molecule has 3 nitrogen and oxygen atoms in total. The molecule has 0 aliphatic carbocycles. The predicted octanol–water partition coefficient (Wildman–Crippen LogP) is 2.78. The fraction of sp³-hybridized carbons (Fsp3) is 0.400. The quantitative estimate of drug-likeness (QED) is 0.793. The number of pyridine rings is 1.